The molecule has 1 aromatic rings. The topological polar surface area (TPSA) is 70.6 Å². The van der Waals surface area contributed by atoms with Gasteiger partial charge in [0.1, 0.15) is 15.7 Å². The Morgan fingerprint density at radius 2 is 2.13 bits per heavy atom. The van der Waals surface area contributed by atoms with Gasteiger partial charge in [0, 0.05) is 31.3 Å². The molecule has 0 spiro atoms. The third-order valence-corrected chi connectivity index (χ3v) is 4.92. The lowest BCUT2D eigenvalue weighted by atomic mass is 10.1. The molecule has 0 aliphatic heterocycles. The van der Waals surface area contributed by atoms with Gasteiger partial charge in [-0.25, -0.2) is 12.8 Å². The van der Waals surface area contributed by atoms with E-state index >= 15 is 0 Å². The van der Waals surface area contributed by atoms with E-state index in [0.717, 1.165) is 12.0 Å². The number of benzene rings is 1. The predicted molar refractivity (Wildman–Crippen MR) is 91.0 cm³/mol. The molecule has 1 aliphatic carbocycles. The zero-order valence-corrected chi connectivity index (χ0v) is 14.5. The summed E-state index contributed by atoms with van der Waals surface area (Å²) < 4.78 is 36.2. The van der Waals surface area contributed by atoms with Crippen LogP contribution in [0.3, 0.4) is 0 Å². The first-order valence-corrected chi connectivity index (χ1v) is 9.78. The van der Waals surface area contributed by atoms with Gasteiger partial charge in [-0.3, -0.25) is 4.99 Å². The summed E-state index contributed by atoms with van der Waals surface area (Å²) in [4.78, 5) is 4.15. The molecule has 1 saturated carbocycles. The molecule has 23 heavy (non-hydrogen) atoms. The number of hydrogen-bond donors (Lipinski definition) is 2. The van der Waals surface area contributed by atoms with Gasteiger partial charge in [0.05, 0.1) is 5.75 Å². The van der Waals surface area contributed by atoms with Crippen LogP contribution in [0.4, 0.5) is 4.39 Å². The second kappa shape index (κ2) is 7.29. The van der Waals surface area contributed by atoms with E-state index in [-0.39, 0.29) is 29.6 Å². The fraction of sp³-hybridized carbons (Fsp3) is 0.562. The van der Waals surface area contributed by atoms with Crippen LogP contribution in [0.5, 0.6) is 0 Å². The first kappa shape index (κ1) is 17.7. The Kier molecular flexibility index (Phi) is 5.62. The lowest BCUT2D eigenvalue weighted by Crippen LogP contribution is -2.44. The Hall–Kier alpha value is -1.63. The summed E-state index contributed by atoms with van der Waals surface area (Å²) in [5.74, 6) is 0.738. The first-order chi connectivity index (χ1) is 10.8. The van der Waals surface area contributed by atoms with Crippen molar-refractivity contribution < 1.29 is 12.8 Å². The van der Waals surface area contributed by atoms with Crippen LogP contribution in [-0.2, 0) is 9.84 Å². The number of nitrogens with one attached hydrogen (secondary N) is 2. The number of guanidine groups is 1. The minimum absolute atomic E-state index is 0.0124. The van der Waals surface area contributed by atoms with Gasteiger partial charge < -0.3 is 10.6 Å². The molecule has 1 aliphatic rings. The van der Waals surface area contributed by atoms with Gasteiger partial charge in [-0.1, -0.05) is 18.2 Å². The Balaban J connectivity index is 1.84. The number of nitrogens with zero attached hydrogens (tertiary/aromatic N) is 1. The van der Waals surface area contributed by atoms with Crippen LogP contribution in [0.1, 0.15) is 31.2 Å². The van der Waals surface area contributed by atoms with E-state index in [9.17, 15) is 12.8 Å². The maximum Gasteiger partial charge on any atom is 0.191 e. The van der Waals surface area contributed by atoms with Gasteiger partial charge in [-0.05, 0) is 31.4 Å². The molecule has 0 heterocycles. The largest absolute Gasteiger partial charge is 0.354 e. The molecule has 0 bridgehead atoms. The number of aliphatic imine (C=N–C) groups is 1. The van der Waals surface area contributed by atoms with Gasteiger partial charge >= 0.3 is 0 Å². The van der Waals surface area contributed by atoms with Crippen molar-refractivity contribution in [3.05, 3.63) is 35.6 Å². The molecule has 1 aromatic carbocycles. The average Bonchev–Trinajstić information content (AvgIpc) is 3.23. The Morgan fingerprint density at radius 1 is 1.43 bits per heavy atom. The van der Waals surface area contributed by atoms with E-state index in [2.05, 4.69) is 15.6 Å². The summed E-state index contributed by atoms with van der Waals surface area (Å²) in [6.45, 7) is 1.92. The summed E-state index contributed by atoms with van der Waals surface area (Å²) >= 11 is 0. The quantitative estimate of drug-likeness (QED) is 0.610. The zero-order chi connectivity index (χ0) is 17.0. The fourth-order valence-electron chi connectivity index (χ4n) is 2.52. The number of halogens is 1. The van der Waals surface area contributed by atoms with Crippen molar-refractivity contribution in [1.82, 2.24) is 10.6 Å². The average molecular weight is 341 g/mol. The maximum atomic E-state index is 13.8. The van der Waals surface area contributed by atoms with E-state index in [1.165, 1.54) is 12.3 Å². The molecule has 3 atom stereocenters. The summed E-state index contributed by atoms with van der Waals surface area (Å²) in [6, 6.07) is 6.96. The Morgan fingerprint density at radius 3 is 2.74 bits per heavy atom. The Labute approximate surface area is 137 Å². The summed E-state index contributed by atoms with van der Waals surface area (Å²) in [5.41, 5.74) is 0.727. The smallest absolute Gasteiger partial charge is 0.191 e. The van der Waals surface area contributed by atoms with Crippen molar-refractivity contribution in [3.63, 3.8) is 0 Å². The van der Waals surface area contributed by atoms with Crippen LogP contribution < -0.4 is 10.6 Å². The normalized spacial score (nSPS) is 22.5. The van der Waals surface area contributed by atoms with Crippen molar-refractivity contribution >= 4 is 15.8 Å². The molecule has 0 saturated heterocycles. The van der Waals surface area contributed by atoms with Crippen molar-refractivity contribution in [3.8, 4) is 0 Å². The van der Waals surface area contributed by atoms with Crippen molar-refractivity contribution in [2.24, 2.45) is 4.99 Å². The third-order valence-electron chi connectivity index (χ3n) is 3.95. The van der Waals surface area contributed by atoms with E-state index in [1.54, 1.807) is 13.1 Å². The molecule has 1 fully saturated rings. The molecule has 2 rings (SSSR count). The molecular weight excluding hydrogens is 317 g/mol. The van der Waals surface area contributed by atoms with Crippen molar-refractivity contribution in [2.75, 3.05) is 19.1 Å². The van der Waals surface area contributed by atoms with Crippen LogP contribution in [0.15, 0.2) is 29.3 Å². The van der Waals surface area contributed by atoms with E-state index in [1.807, 2.05) is 19.1 Å². The van der Waals surface area contributed by atoms with Gasteiger partial charge in [-0.2, -0.15) is 0 Å². The molecule has 7 heteroatoms. The number of rotatable bonds is 6. The van der Waals surface area contributed by atoms with Crippen LogP contribution in [-0.4, -0.2) is 45.5 Å². The van der Waals surface area contributed by atoms with Crippen LogP contribution >= 0.6 is 0 Å². The van der Waals surface area contributed by atoms with E-state index < -0.39 is 9.84 Å². The van der Waals surface area contributed by atoms with Crippen molar-refractivity contribution in [2.45, 2.75) is 37.8 Å². The highest BCUT2D eigenvalue weighted by molar-refractivity contribution is 7.90. The third kappa shape index (κ3) is 5.49. The monoisotopic (exact) mass is 341 g/mol. The summed E-state index contributed by atoms with van der Waals surface area (Å²) in [6.07, 6.45) is 2.61. The molecule has 2 N–H and O–H groups in total. The maximum absolute atomic E-state index is 13.8. The highest BCUT2D eigenvalue weighted by Crippen LogP contribution is 2.41. The standard InChI is InChI=1S/C16H24FN3O2S/c1-11(8-9-23(3,21)22)19-16(18-2)20-15-10-13(15)12-6-4-5-7-14(12)17/h4-7,11,13,15H,8-10H2,1-3H3,(H2,18,19,20). The molecule has 3 unspecified atom stereocenters. The molecule has 0 aromatic heterocycles. The van der Waals surface area contributed by atoms with Crippen LogP contribution in [0.25, 0.3) is 0 Å². The van der Waals surface area contributed by atoms with Gasteiger partial charge in [0.25, 0.3) is 0 Å². The number of hydrogen-bond acceptors (Lipinski definition) is 3. The fourth-order valence-corrected chi connectivity index (χ4v) is 3.30. The summed E-state index contributed by atoms with van der Waals surface area (Å²) in [7, 11) is -1.30. The second-order valence-electron chi connectivity index (χ2n) is 6.15. The molecule has 128 valence electrons. The predicted octanol–water partition coefficient (Wildman–Crippen LogP) is 1.67. The van der Waals surface area contributed by atoms with Gasteiger partial charge in [-0.15, -0.1) is 0 Å². The van der Waals surface area contributed by atoms with Crippen LogP contribution in [0, 0.1) is 5.82 Å². The zero-order valence-electron chi connectivity index (χ0n) is 13.7. The van der Waals surface area contributed by atoms with Gasteiger partial charge in [0.2, 0.25) is 0 Å². The van der Waals surface area contributed by atoms with E-state index in [0.29, 0.717) is 12.4 Å². The minimum Gasteiger partial charge on any atom is -0.354 e. The molecule has 5 nitrogen and oxygen atoms in total. The lowest BCUT2D eigenvalue weighted by Gasteiger charge is -2.17. The van der Waals surface area contributed by atoms with Crippen molar-refractivity contribution in [1.29, 1.82) is 0 Å². The van der Waals surface area contributed by atoms with Crippen LogP contribution in [0.2, 0.25) is 0 Å². The highest BCUT2D eigenvalue weighted by atomic mass is 32.2. The second-order valence-corrected chi connectivity index (χ2v) is 8.41. The first-order valence-electron chi connectivity index (χ1n) is 7.72. The SMILES string of the molecule is CN=C(NC(C)CCS(C)(=O)=O)NC1CC1c1ccccc1F. The molecule has 0 radical (unpaired) electrons. The molecular formula is C16H24FN3O2S. The Bertz CT molecular complexity index is 676. The highest BCUT2D eigenvalue weighted by Gasteiger charge is 2.40. The lowest BCUT2D eigenvalue weighted by molar-refractivity contribution is 0.580. The number of sulfone groups is 1. The van der Waals surface area contributed by atoms with Gasteiger partial charge in [0.15, 0.2) is 5.96 Å². The van der Waals surface area contributed by atoms with E-state index in [4.69, 9.17) is 0 Å². The molecule has 0 amide bonds. The summed E-state index contributed by atoms with van der Waals surface area (Å²) in [5, 5.41) is 6.45. The minimum atomic E-state index is -2.96.